The average molecular weight is 524 g/mol. The molecule has 1 aromatic heterocycles. The first kappa shape index (κ1) is 25.6. The number of nitrogens with zero attached hydrogens (tertiary/aromatic N) is 3. The molecule has 4 heterocycles. The maximum Gasteiger partial charge on any atom is 0.410 e. The number of carbonyl (C=O) groups excluding carboxylic acids is 1. The molecule has 0 radical (unpaired) electrons. The molecule has 3 aliphatic rings. The van der Waals surface area contributed by atoms with Gasteiger partial charge in [0.15, 0.2) is 0 Å². The van der Waals surface area contributed by atoms with E-state index in [2.05, 4.69) is 63.8 Å². The van der Waals surface area contributed by atoms with Gasteiger partial charge in [-0.25, -0.2) is 9.78 Å². The molecule has 7 nitrogen and oxygen atoms in total. The largest absolute Gasteiger partial charge is 0.444 e. The smallest absolute Gasteiger partial charge is 0.410 e. The molecule has 2 fully saturated rings. The minimum Gasteiger partial charge on any atom is -0.444 e. The monoisotopic (exact) mass is 523 g/mol. The van der Waals surface area contributed by atoms with Crippen LogP contribution in [0.25, 0.3) is 28.0 Å². The lowest BCUT2D eigenvalue weighted by Crippen LogP contribution is -2.36. The number of nitrogens with one attached hydrogen (secondary N) is 2. The van der Waals surface area contributed by atoms with Crippen LogP contribution in [0.3, 0.4) is 0 Å². The van der Waals surface area contributed by atoms with Crippen molar-refractivity contribution in [1.29, 1.82) is 0 Å². The van der Waals surface area contributed by atoms with Gasteiger partial charge < -0.3 is 15.0 Å². The molecule has 1 amide bonds. The fourth-order valence-corrected chi connectivity index (χ4v) is 5.77. The second-order valence-electron chi connectivity index (χ2n) is 11.8. The Hall–Kier alpha value is -3.71. The van der Waals surface area contributed by atoms with Crippen LogP contribution in [-0.2, 0) is 4.74 Å². The first-order valence-electron chi connectivity index (χ1n) is 14.1. The zero-order valence-electron chi connectivity index (χ0n) is 23.0. The molecule has 0 bridgehead atoms. The molecular weight excluding hydrogens is 486 g/mol. The van der Waals surface area contributed by atoms with Gasteiger partial charge in [-0.1, -0.05) is 48.5 Å². The van der Waals surface area contributed by atoms with E-state index >= 15 is 0 Å². The van der Waals surface area contributed by atoms with E-state index in [0.717, 1.165) is 42.9 Å². The Bertz CT molecular complexity index is 1390. The zero-order chi connectivity index (χ0) is 27.0. The van der Waals surface area contributed by atoms with Crippen LogP contribution >= 0.6 is 0 Å². The maximum absolute atomic E-state index is 12.7. The third-order valence-corrected chi connectivity index (χ3v) is 7.80. The van der Waals surface area contributed by atoms with Gasteiger partial charge in [0.05, 0.1) is 17.9 Å². The number of aromatic nitrogens is 2. The Morgan fingerprint density at radius 3 is 2.31 bits per heavy atom. The second kappa shape index (κ2) is 10.5. The van der Waals surface area contributed by atoms with Crippen molar-refractivity contribution >= 4 is 17.4 Å². The van der Waals surface area contributed by atoms with Crippen LogP contribution < -0.4 is 5.32 Å². The van der Waals surface area contributed by atoms with E-state index in [1.54, 1.807) is 4.90 Å². The van der Waals surface area contributed by atoms with E-state index < -0.39 is 5.60 Å². The number of rotatable bonds is 5. The van der Waals surface area contributed by atoms with Crippen molar-refractivity contribution in [2.75, 3.05) is 13.1 Å². The number of hydrogen-bond acceptors (Lipinski definition) is 5. The quantitative estimate of drug-likeness (QED) is 0.387. The van der Waals surface area contributed by atoms with E-state index in [9.17, 15) is 4.79 Å². The molecule has 2 N–H and O–H groups in total. The van der Waals surface area contributed by atoms with Gasteiger partial charge in [0.1, 0.15) is 11.4 Å². The topological polar surface area (TPSA) is 82.6 Å². The van der Waals surface area contributed by atoms with Crippen molar-refractivity contribution < 1.29 is 9.53 Å². The second-order valence-corrected chi connectivity index (χ2v) is 11.8. The first-order valence-corrected chi connectivity index (χ1v) is 14.1. The lowest BCUT2D eigenvalue weighted by molar-refractivity contribution is 0.0218. The molecule has 0 spiro atoms. The average Bonchev–Trinajstić information content (AvgIpc) is 3.74. The summed E-state index contributed by atoms with van der Waals surface area (Å²) in [5.41, 5.74) is 7.67. The summed E-state index contributed by atoms with van der Waals surface area (Å²) in [6.07, 6.45) is 8.81. The van der Waals surface area contributed by atoms with Crippen molar-refractivity contribution in [2.24, 2.45) is 4.99 Å². The van der Waals surface area contributed by atoms with Crippen LogP contribution in [-0.4, -0.2) is 51.4 Å². The van der Waals surface area contributed by atoms with Gasteiger partial charge in [0, 0.05) is 30.9 Å². The van der Waals surface area contributed by atoms with Gasteiger partial charge in [-0.05, 0) is 80.8 Å². The van der Waals surface area contributed by atoms with E-state index in [0.29, 0.717) is 12.6 Å². The molecule has 2 atom stereocenters. The van der Waals surface area contributed by atoms with Crippen LogP contribution in [0.5, 0.6) is 0 Å². The number of ether oxygens (including phenoxy) is 1. The zero-order valence-corrected chi connectivity index (χ0v) is 23.0. The number of amides is 1. The van der Waals surface area contributed by atoms with Crippen LogP contribution in [0.4, 0.5) is 4.79 Å². The molecule has 1 unspecified atom stereocenters. The summed E-state index contributed by atoms with van der Waals surface area (Å²) in [7, 11) is 0. The van der Waals surface area contributed by atoms with E-state index in [1.807, 2.05) is 33.2 Å². The maximum atomic E-state index is 12.7. The van der Waals surface area contributed by atoms with Crippen molar-refractivity contribution in [1.82, 2.24) is 20.2 Å². The highest BCUT2D eigenvalue weighted by Gasteiger charge is 2.34. The summed E-state index contributed by atoms with van der Waals surface area (Å²) in [4.78, 5) is 27.3. The van der Waals surface area contributed by atoms with Crippen molar-refractivity contribution in [3.05, 3.63) is 72.3 Å². The highest BCUT2D eigenvalue weighted by molar-refractivity contribution is 6.01. The number of benzene rings is 2. The summed E-state index contributed by atoms with van der Waals surface area (Å²) in [5, 5.41) is 3.56. The third-order valence-electron chi connectivity index (χ3n) is 7.80. The summed E-state index contributed by atoms with van der Waals surface area (Å²) < 4.78 is 5.62. The summed E-state index contributed by atoms with van der Waals surface area (Å²) in [6.45, 7) is 7.47. The number of allylic oxidation sites excluding steroid dienone is 1. The van der Waals surface area contributed by atoms with Crippen LogP contribution in [0.2, 0.25) is 0 Å². The molecule has 7 heteroatoms. The lowest BCUT2D eigenvalue weighted by Gasteiger charge is -2.27. The minimum atomic E-state index is -0.515. The van der Waals surface area contributed by atoms with E-state index in [1.165, 1.54) is 40.8 Å². The van der Waals surface area contributed by atoms with Gasteiger partial charge in [-0.3, -0.25) is 9.89 Å². The number of aromatic amines is 1. The number of aliphatic imine (C=N–C) groups is 1. The van der Waals surface area contributed by atoms with Crippen LogP contribution in [0, 0.1) is 0 Å². The summed E-state index contributed by atoms with van der Waals surface area (Å²) >= 11 is 0. The number of H-pyrrole nitrogens is 1. The number of likely N-dealkylation sites (tertiary alicyclic amines) is 1. The van der Waals surface area contributed by atoms with Crippen LogP contribution in [0.1, 0.15) is 70.3 Å². The fourth-order valence-electron chi connectivity index (χ4n) is 5.77. The molecular formula is C32H37N5O2. The number of imidazole rings is 1. The van der Waals surface area contributed by atoms with Gasteiger partial charge in [0.2, 0.25) is 0 Å². The molecule has 202 valence electrons. The highest BCUT2D eigenvalue weighted by Crippen LogP contribution is 2.34. The highest BCUT2D eigenvalue weighted by atomic mass is 16.6. The molecule has 0 aliphatic carbocycles. The lowest BCUT2D eigenvalue weighted by atomic mass is 9.96. The third kappa shape index (κ3) is 5.55. The van der Waals surface area contributed by atoms with E-state index in [-0.39, 0.29) is 12.1 Å². The van der Waals surface area contributed by atoms with Crippen molar-refractivity contribution in [3.8, 4) is 22.4 Å². The van der Waals surface area contributed by atoms with Gasteiger partial charge in [-0.2, -0.15) is 0 Å². The van der Waals surface area contributed by atoms with Gasteiger partial charge in [-0.15, -0.1) is 0 Å². The van der Waals surface area contributed by atoms with Gasteiger partial charge in [0.25, 0.3) is 0 Å². The Kier molecular flexibility index (Phi) is 6.85. The van der Waals surface area contributed by atoms with E-state index in [4.69, 9.17) is 9.73 Å². The Labute approximate surface area is 230 Å². The Morgan fingerprint density at radius 2 is 1.64 bits per heavy atom. The van der Waals surface area contributed by atoms with Gasteiger partial charge >= 0.3 is 6.09 Å². The molecule has 39 heavy (non-hydrogen) atoms. The minimum absolute atomic E-state index is 0.0859. The molecule has 6 rings (SSSR count). The predicted molar refractivity (Wildman–Crippen MR) is 155 cm³/mol. The summed E-state index contributed by atoms with van der Waals surface area (Å²) in [6, 6.07) is 17.7. The Morgan fingerprint density at radius 1 is 0.949 bits per heavy atom. The van der Waals surface area contributed by atoms with Crippen molar-refractivity contribution in [3.63, 3.8) is 0 Å². The summed E-state index contributed by atoms with van der Waals surface area (Å²) in [5.74, 6) is 0.810. The normalized spacial score (nSPS) is 21.3. The molecule has 3 aliphatic heterocycles. The SMILES string of the molecule is CC(C)(C)OC(=O)N1CCCC1c1ncc(-c2ccc(-c3ccc(C4=CN=C([C@@H]5CCCN5)C4)cc3)cc2)[nH]1. The number of hydrogen-bond donors (Lipinski definition) is 2. The fraction of sp³-hybridized carbons (Fsp3) is 0.406. The Balaban J connectivity index is 1.11. The molecule has 2 aromatic carbocycles. The first-order chi connectivity index (χ1) is 18.8. The predicted octanol–water partition coefficient (Wildman–Crippen LogP) is 6.75. The van der Waals surface area contributed by atoms with Crippen LogP contribution in [0.15, 0.2) is 65.9 Å². The van der Waals surface area contributed by atoms with Crippen molar-refractivity contribution in [2.45, 2.75) is 70.6 Å². The molecule has 2 saturated heterocycles. The molecule has 0 saturated carbocycles. The number of carbonyl (C=O) groups is 1. The molecule has 3 aromatic rings. The standard InChI is InChI=1S/C32H37N5O2/c1-32(2,3)39-31(38)37-17-5-7-29(37)30-35-20-28(36-30)24-14-12-22(13-15-24)21-8-10-23(11-9-21)25-18-27(34-19-25)26-6-4-16-33-26/h8-15,19-20,26,29,33H,4-7,16-18H2,1-3H3,(H,35,36)/t26-,29?/m0/s1.